The molecule has 1 rings (SSSR count). The summed E-state index contributed by atoms with van der Waals surface area (Å²) in [6.45, 7) is 4.13. The maximum atomic E-state index is 11.2. The Kier molecular flexibility index (Phi) is 4.23. The van der Waals surface area contributed by atoms with Gasteiger partial charge in [-0.25, -0.2) is 13.6 Å². The van der Waals surface area contributed by atoms with Gasteiger partial charge < -0.3 is 5.73 Å². The quantitative estimate of drug-likeness (QED) is 0.638. The Morgan fingerprint density at radius 2 is 2.06 bits per heavy atom. The lowest BCUT2D eigenvalue weighted by Gasteiger charge is -2.11. The molecule has 0 aliphatic rings. The van der Waals surface area contributed by atoms with Crippen molar-refractivity contribution in [3.63, 3.8) is 0 Å². The fraction of sp³-hybridized carbons (Fsp3) is 0.400. The molecule has 1 unspecified atom stereocenters. The Morgan fingerprint density at radius 3 is 2.56 bits per heavy atom. The van der Waals surface area contributed by atoms with Crippen molar-refractivity contribution in [2.75, 3.05) is 5.73 Å². The summed E-state index contributed by atoms with van der Waals surface area (Å²) in [5, 5.41) is 5.45. The molecule has 0 bridgehead atoms. The van der Waals surface area contributed by atoms with Crippen LogP contribution in [0.5, 0.6) is 0 Å². The van der Waals surface area contributed by atoms with Crippen molar-refractivity contribution in [2.24, 2.45) is 5.14 Å². The van der Waals surface area contributed by atoms with Gasteiger partial charge in [0.2, 0.25) is 10.0 Å². The second-order valence-electron chi connectivity index (χ2n) is 3.58. The Labute approximate surface area is 100 Å². The molecule has 0 amide bonds. The number of rotatable bonds is 4. The predicted molar refractivity (Wildman–Crippen MR) is 67.8 cm³/mol. The molecule has 1 aromatic carbocycles. The van der Waals surface area contributed by atoms with Crippen molar-refractivity contribution in [2.45, 2.75) is 35.3 Å². The minimum absolute atomic E-state index is 0.104. The van der Waals surface area contributed by atoms with Gasteiger partial charge in [0.15, 0.2) is 0 Å². The van der Waals surface area contributed by atoms with Crippen molar-refractivity contribution in [3.05, 3.63) is 18.2 Å². The van der Waals surface area contributed by atoms with Crippen LogP contribution in [0, 0.1) is 0 Å². The van der Waals surface area contributed by atoms with Crippen molar-refractivity contribution in [1.82, 2.24) is 0 Å². The summed E-state index contributed by atoms with van der Waals surface area (Å²) in [5.74, 6) is 0. The summed E-state index contributed by atoms with van der Waals surface area (Å²) < 4.78 is 22.4. The number of thioether (sulfide) groups is 1. The smallest absolute Gasteiger partial charge is 0.238 e. The van der Waals surface area contributed by atoms with Crippen molar-refractivity contribution >= 4 is 27.5 Å². The molecular formula is C10H16N2O2S2. The average Bonchev–Trinajstić information content (AvgIpc) is 2.19. The topological polar surface area (TPSA) is 86.2 Å². The molecule has 16 heavy (non-hydrogen) atoms. The van der Waals surface area contributed by atoms with Crippen molar-refractivity contribution in [3.8, 4) is 0 Å². The minimum Gasteiger partial charge on any atom is -0.398 e. The van der Waals surface area contributed by atoms with E-state index < -0.39 is 10.0 Å². The fourth-order valence-corrected chi connectivity index (χ4v) is 2.71. The number of anilines is 1. The van der Waals surface area contributed by atoms with Gasteiger partial charge in [-0.15, -0.1) is 11.8 Å². The summed E-state index contributed by atoms with van der Waals surface area (Å²) in [6.07, 6.45) is 0.990. The van der Waals surface area contributed by atoms with Crippen LogP contribution >= 0.6 is 11.8 Å². The molecular weight excluding hydrogens is 244 g/mol. The van der Waals surface area contributed by atoms with E-state index in [2.05, 4.69) is 13.8 Å². The highest BCUT2D eigenvalue weighted by molar-refractivity contribution is 8.00. The normalized spacial score (nSPS) is 13.7. The molecule has 1 aromatic rings. The predicted octanol–water partition coefficient (Wildman–Crippen LogP) is 1.81. The van der Waals surface area contributed by atoms with Crippen molar-refractivity contribution < 1.29 is 8.42 Å². The first kappa shape index (κ1) is 13.3. The largest absolute Gasteiger partial charge is 0.398 e. The van der Waals surface area contributed by atoms with Gasteiger partial charge in [-0.1, -0.05) is 13.8 Å². The number of hydrogen-bond donors (Lipinski definition) is 2. The number of primary sulfonamides is 1. The van der Waals surface area contributed by atoms with E-state index in [1.165, 1.54) is 12.1 Å². The Morgan fingerprint density at radius 1 is 1.44 bits per heavy atom. The molecule has 0 saturated heterocycles. The fourth-order valence-electron chi connectivity index (χ4n) is 1.09. The zero-order chi connectivity index (χ0) is 12.3. The van der Waals surface area contributed by atoms with Crippen LogP contribution in [0.4, 0.5) is 5.69 Å². The molecule has 4 N–H and O–H groups in total. The second kappa shape index (κ2) is 5.07. The first-order chi connectivity index (χ1) is 7.34. The van der Waals surface area contributed by atoms with Crippen molar-refractivity contribution in [1.29, 1.82) is 0 Å². The van der Waals surface area contributed by atoms with Gasteiger partial charge in [-0.05, 0) is 24.6 Å². The Bertz CT molecular complexity index is 472. The summed E-state index contributed by atoms with van der Waals surface area (Å²) in [7, 11) is -3.65. The van der Waals surface area contributed by atoms with E-state index in [-0.39, 0.29) is 4.90 Å². The Balaban J connectivity index is 3.09. The molecule has 4 nitrogen and oxygen atoms in total. The van der Waals surface area contributed by atoms with Gasteiger partial charge in [0, 0.05) is 15.8 Å². The van der Waals surface area contributed by atoms with Gasteiger partial charge in [0.25, 0.3) is 0 Å². The third kappa shape index (κ3) is 3.40. The molecule has 0 aliphatic carbocycles. The molecule has 0 radical (unpaired) electrons. The molecule has 0 fully saturated rings. The highest BCUT2D eigenvalue weighted by Crippen LogP contribution is 2.31. The first-order valence-electron chi connectivity index (χ1n) is 4.93. The highest BCUT2D eigenvalue weighted by Gasteiger charge is 2.12. The van der Waals surface area contributed by atoms with E-state index in [0.29, 0.717) is 10.9 Å². The maximum absolute atomic E-state index is 11.2. The number of benzene rings is 1. The van der Waals surface area contributed by atoms with E-state index in [9.17, 15) is 8.42 Å². The SMILES string of the molecule is CCC(C)Sc1cc(S(N)(=O)=O)ccc1N. The minimum atomic E-state index is -3.65. The summed E-state index contributed by atoms with van der Waals surface area (Å²) in [6, 6.07) is 4.53. The van der Waals surface area contributed by atoms with Crippen LogP contribution in [0.25, 0.3) is 0 Å². The van der Waals surface area contributed by atoms with E-state index >= 15 is 0 Å². The summed E-state index contributed by atoms with van der Waals surface area (Å²) in [4.78, 5) is 0.869. The molecule has 1 atom stereocenters. The van der Waals surface area contributed by atoms with Crippen LogP contribution in [0.1, 0.15) is 20.3 Å². The number of hydrogen-bond acceptors (Lipinski definition) is 4. The lowest BCUT2D eigenvalue weighted by Crippen LogP contribution is -2.12. The van der Waals surface area contributed by atoms with Gasteiger partial charge in [-0.3, -0.25) is 0 Å². The van der Waals surface area contributed by atoms with E-state index in [1.807, 2.05) is 0 Å². The van der Waals surface area contributed by atoms with Crippen LogP contribution < -0.4 is 10.9 Å². The molecule has 0 saturated carbocycles. The monoisotopic (exact) mass is 260 g/mol. The molecule has 90 valence electrons. The van der Waals surface area contributed by atoms with Crippen LogP contribution in [0.2, 0.25) is 0 Å². The lowest BCUT2D eigenvalue weighted by molar-refractivity contribution is 0.597. The van der Waals surface area contributed by atoms with Crippen LogP contribution in [-0.4, -0.2) is 13.7 Å². The zero-order valence-corrected chi connectivity index (χ0v) is 10.9. The lowest BCUT2D eigenvalue weighted by atomic mass is 10.3. The van der Waals surface area contributed by atoms with E-state index in [0.717, 1.165) is 11.3 Å². The maximum Gasteiger partial charge on any atom is 0.238 e. The average molecular weight is 260 g/mol. The first-order valence-corrected chi connectivity index (χ1v) is 7.36. The summed E-state index contributed by atoms with van der Waals surface area (Å²) >= 11 is 1.56. The summed E-state index contributed by atoms with van der Waals surface area (Å²) in [5.41, 5.74) is 6.36. The van der Waals surface area contributed by atoms with Crippen LogP contribution in [0.15, 0.2) is 28.0 Å². The number of nitrogen functional groups attached to an aromatic ring is 1. The van der Waals surface area contributed by atoms with Gasteiger partial charge in [0.05, 0.1) is 4.90 Å². The standard InChI is InChI=1S/C10H16N2O2S2/c1-3-7(2)15-10-6-8(16(12,13)14)4-5-9(10)11/h4-7H,3,11H2,1-2H3,(H2,12,13,14). The van der Waals surface area contributed by atoms with Crippen LogP contribution in [0.3, 0.4) is 0 Å². The number of sulfonamides is 1. The van der Waals surface area contributed by atoms with Gasteiger partial charge in [0.1, 0.15) is 0 Å². The molecule has 0 aromatic heterocycles. The number of nitrogens with two attached hydrogens (primary N) is 2. The zero-order valence-electron chi connectivity index (χ0n) is 9.30. The van der Waals surface area contributed by atoms with Crippen LogP contribution in [-0.2, 0) is 10.0 Å². The van der Waals surface area contributed by atoms with Gasteiger partial charge in [-0.2, -0.15) is 0 Å². The molecule has 0 aliphatic heterocycles. The third-order valence-corrected chi connectivity index (χ3v) is 4.47. The highest BCUT2D eigenvalue weighted by atomic mass is 32.2. The third-order valence-electron chi connectivity index (χ3n) is 2.22. The molecule has 6 heteroatoms. The molecule has 0 spiro atoms. The molecule has 0 heterocycles. The van der Waals surface area contributed by atoms with Gasteiger partial charge >= 0.3 is 0 Å². The van der Waals surface area contributed by atoms with E-state index in [4.69, 9.17) is 10.9 Å². The Hall–Kier alpha value is -0.720. The van der Waals surface area contributed by atoms with E-state index in [1.54, 1.807) is 17.8 Å². The second-order valence-corrected chi connectivity index (χ2v) is 6.62.